The van der Waals surface area contributed by atoms with Gasteiger partial charge in [-0.05, 0) is 24.1 Å². The fourth-order valence-electron chi connectivity index (χ4n) is 4.21. The van der Waals surface area contributed by atoms with Crippen molar-refractivity contribution in [2.45, 2.75) is 25.1 Å². The largest absolute Gasteiger partial charge is 0.386 e. The van der Waals surface area contributed by atoms with Crippen LogP contribution in [0, 0.1) is 5.92 Å². The molecular weight excluding hydrogens is 274 g/mol. The lowest BCUT2D eigenvalue weighted by Crippen LogP contribution is -2.30. The second-order valence-corrected chi connectivity index (χ2v) is 6.24. The van der Waals surface area contributed by atoms with Crippen LogP contribution in [0.4, 0.5) is 0 Å². The van der Waals surface area contributed by atoms with Crippen LogP contribution >= 0.6 is 0 Å². The van der Waals surface area contributed by atoms with E-state index in [1.165, 1.54) is 11.1 Å². The molecule has 2 aliphatic rings. The first kappa shape index (κ1) is 12.2. The van der Waals surface area contributed by atoms with E-state index in [1.807, 2.05) is 24.7 Å². The van der Waals surface area contributed by atoms with Gasteiger partial charge in [0.1, 0.15) is 0 Å². The minimum Gasteiger partial charge on any atom is -0.386 e. The predicted molar refractivity (Wildman–Crippen MR) is 83.3 cm³/mol. The van der Waals surface area contributed by atoms with Crippen LogP contribution in [-0.4, -0.2) is 19.2 Å². The van der Waals surface area contributed by atoms with Gasteiger partial charge in [0.25, 0.3) is 0 Å². The molecule has 2 aliphatic heterocycles. The molecule has 22 heavy (non-hydrogen) atoms. The number of aryl methyl sites for hydroxylation is 1. The number of aromatic nitrogens is 3. The number of aliphatic hydroxyl groups is 1. The molecule has 4 heterocycles. The molecule has 0 fully saturated rings. The quantitative estimate of drug-likeness (QED) is 0.749. The Labute approximate surface area is 128 Å². The lowest BCUT2D eigenvalue weighted by atomic mass is 9.83. The minimum absolute atomic E-state index is 0.173. The van der Waals surface area contributed by atoms with Crippen molar-refractivity contribution < 1.29 is 5.11 Å². The van der Waals surface area contributed by atoms with Crippen LogP contribution in [-0.2, 0) is 6.54 Å². The zero-order valence-corrected chi connectivity index (χ0v) is 12.1. The first-order valence-corrected chi connectivity index (χ1v) is 7.79. The van der Waals surface area contributed by atoms with Crippen LogP contribution in [0.25, 0.3) is 11.3 Å². The highest BCUT2D eigenvalue weighted by molar-refractivity contribution is 5.69. The molecule has 0 saturated heterocycles. The van der Waals surface area contributed by atoms with E-state index in [-0.39, 0.29) is 12.0 Å². The Morgan fingerprint density at radius 2 is 2.05 bits per heavy atom. The number of aliphatic hydroxyl groups excluding tert-OH is 1. The fourth-order valence-corrected chi connectivity index (χ4v) is 4.21. The minimum atomic E-state index is -0.435. The molecule has 0 saturated carbocycles. The van der Waals surface area contributed by atoms with Crippen LogP contribution < -0.4 is 0 Å². The van der Waals surface area contributed by atoms with Gasteiger partial charge in [0.05, 0.1) is 30.4 Å². The monoisotopic (exact) mass is 291 g/mol. The first-order chi connectivity index (χ1) is 10.8. The third-order valence-corrected chi connectivity index (χ3v) is 5.20. The lowest BCUT2D eigenvalue weighted by Gasteiger charge is -2.35. The molecule has 110 valence electrons. The summed E-state index contributed by atoms with van der Waals surface area (Å²) in [5.74, 6) is 0.180. The Morgan fingerprint density at radius 1 is 1.14 bits per heavy atom. The van der Waals surface area contributed by atoms with Gasteiger partial charge in [-0.3, -0.25) is 0 Å². The van der Waals surface area contributed by atoms with Gasteiger partial charge in [0, 0.05) is 29.9 Å². The molecule has 3 atom stereocenters. The zero-order chi connectivity index (χ0) is 14.7. The topological polar surface area (TPSA) is 43.0 Å². The molecular formula is C18H17N3O. The van der Waals surface area contributed by atoms with Gasteiger partial charge in [0.15, 0.2) is 0 Å². The van der Waals surface area contributed by atoms with Crippen molar-refractivity contribution in [3.8, 4) is 11.3 Å². The molecule has 4 heteroatoms. The van der Waals surface area contributed by atoms with Crippen molar-refractivity contribution in [3.63, 3.8) is 0 Å². The average Bonchev–Trinajstić information content (AvgIpc) is 3.23. The molecule has 0 amide bonds. The average molecular weight is 291 g/mol. The highest BCUT2D eigenvalue weighted by Crippen LogP contribution is 2.48. The van der Waals surface area contributed by atoms with Crippen molar-refractivity contribution in [2.75, 3.05) is 0 Å². The summed E-state index contributed by atoms with van der Waals surface area (Å²) in [7, 11) is 0. The number of hydrogen-bond acceptors (Lipinski definition) is 2. The molecule has 1 N–H and O–H groups in total. The summed E-state index contributed by atoms with van der Waals surface area (Å²) in [6, 6.07) is 12.7. The van der Waals surface area contributed by atoms with E-state index < -0.39 is 6.10 Å². The maximum absolute atomic E-state index is 10.9. The highest BCUT2D eigenvalue weighted by atomic mass is 16.3. The van der Waals surface area contributed by atoms with Crippen LogP contribution in [0.2, 0.25) is 0 Å². The van der Waals surface area contributed by atoms with Crippen molar-refractivity contribution in [1.82, 2.24) is 14.1 Å². The van der Waals surface area contributed by atoms with Gasteiger partial charge in [-0.25, -0.2) is 4.98 Å². The molecule has 5 rings (SSSR count). The van der Waals surface area contributed by atoms with Crippen molar-refractivity contribution in [1.29, 1.82) is 0 Å². The Morgan fingerprint density at radius 3 is 3.00 bits per heavy atom. The standard InChI is InChI=1S/C18H17N3O/c22-18-14(7-9-20-8-3-6-15(18)20)17-13-5-2-1-4-12(13)16-10-19-11-21(16)17/h1-6,8,10-11,14,17-18,22H,7,9H2/t14-,17+,18+/m1/s1. The summed E-state index contributed by atoms with van der Waals surface area (Å²) >= 11 is 0. The van der Waals surface area contributed by atoms with E-state index in [0.29, 0.717) is 0 Å². The number of hydrogen-bond donors (Lipinski definition) is 1. The second-order valence-electron chi connectivity index (χ2n) is 6.24. The molecule has 0 aliphatic carbocycles. The third kappa shape index (κ3) is 1.48. The van der Waals surface area contributed by atoms with Gasteiger partial charge < -0.3 is 14.2 Å². The third-order valence-electron chi connectivity index (χ3n) is 5.20. The molecule has 1 aromatic carbocycles. The molecule has 4 nitrogen and oxygen atoms in total. The van der Waals surface area contributed by atoms with Gasteiger partial charge >= 0.3 is 0 Å². The Kier molecular flexibility index (Phi) is 2.41. The molecule has 0 unspecified atom stereocenters. The highest BCUT2D eigenvalue weighted by Gasteiger charge is 2.40. The van der Waals surface area contributed by atoms with E-state index in [1.54, 1.807) is 0 Å². The van der Waals surface area contributed by atoms with Crippen molar-refractivity contribution in [3.05, 3.63) is 66.4 Å². The Hall–Kier alpha value is -2.33. The summed E-state index contributed by atoms with van der Waals surface area (Å²) in [5, 5.41) is 10.9. The SMILES string of the molecule is O[C@@H]1c2cccn2CC[C@@H]1[C@@H]1c2ccccc2-c2cncn21. The normalized spacial score (nSPS) is 25.6. The van der Waals surface area contributed by atoms with Crippen molar-refractivity contribution in [2.24, 2.45) is 5.92 Å². The predicted octanol–water partition coefficient (Wildman–Crippen LogP) is 3.01. The second kappa shape index (κ2) is 4.34. The van der Waals surface area contributed by atoms with Crippen LogP contribution in [0.5, 0.6) is 0 Å². The number of benzene rings is 1. The van der Waals surface area contributed by atoms with Crippen LogP contribution in [0.3, 0.4) is 0 Å². The fraction of sp³-hybridized carbons (Fsp3) is 0.278. The van der Waals surface area contributed by atoms with Gasteiger partial charge in [0.2, 0.25) is 0 Å². The number of imidazole rings is 1. The molecule has 0 radical (unpaired) electrons. The molecule has 2 aromatic heterocycles. The van der Waals surface area contributed by atoms with Gasteiger partial charge in [-0.2, -0.15) is 0 Å². The molecule has 0 spiro atoms. The van der Waals surface area contributed by atoms with Gasteiger partial charge in [-0.15, -0.1) is 0 Å². The summed E-state index contributed by atoms with van der Waals surface area (Å²) in [5.41, 5.74) is 4.75. The summed E-state index contributed by atoms with van der Waals surface area (Å²) < 4.78 is 4.40. The van der Waals surface area contributed by atoms with E-state index >= 15 is 0 Å². The van der Waals surface area contributed by atoms with Crippen molar-refractivity contribution >= 4 is 0 Å². The first-order valence-electron chi connectivity index (χ1n) is 7.79. The van der Waals surface area contributed by atoms with E-state index in [0.717, 1.165) is 24.4 Å². The van der Waals surface area contributed by atoms with E-state index in [9.17, 15) is 5.11 Å². The van der Waals surface area contributed by atoms with E-state index in [4.69, 9.17) is 0 Å². The van der Waals surface area contributed by atoms with Crippen LogP contribution in [0.1, 0.15) is 29.8 Å². The number of fused-ring (bicyclic) bond motifs is 4. The summed E-state index contributed by atoms with van der Waals surface area (Å²) in [6.07, 6.45) is 6.42. The smallest absolute Gasteiger partial charge is 0.0991 e. The van der Waals surface area contributed by atoms with Gasteiger partial charge in [-0.1, -0.05) is 24.3 Å². The van der Waals surface area contributed by atoms with E-state index in [2.05, 4.69) is 44.6 Å². The maximum atomic E-state index is 10.9. The Bertz CT molecular complexity index is 847. The number of nitrogens with zero attached hydrogens (tertiary/aromatic N) is 3. The lowest BCUT2D eigenvalue weighted by molar-refractivity contribution is 0.0556. The Balaban J connectivity index is 1.65. The molecule has 0 bridgehead atoms. The summed E-state index contributed by atoms with van der Waals surface area (Å²) in [4.78, 5) is 4.32. The maximum Gasteiger partial charge on any atom is 0.0991 e. The number of rotatable bonds is 1. The zero-order valence-electron chi connectivity index (χ0n) is 12.1. The summed E-state index contributed by atoms with van der Waals surface area (Å²) in [6.45, 7) is 0.965. The van der Waals surface area contributed by atoms with Crippen LogP contribution in [0.15, 0.2) is 55.1 Å². The molecule has 3 aromatic rings.